The third-order valence-electron chi connectivity index (χ3n) is 3.72. The van der Waals surface area contributed by atoms with Gasteiger partial charge in [-0.3, -0.25) is 0 Å². The van der Waals surface area contributed by atoms with Crippen molar-refractivity contribution < 1.29 is 4.74 Å². The molecule has 0 aliphatic heterocycles. The number of methoxy groups -OCH3 is 1. The maximum atomic E-state index is 6.29. The van der Waals surface area contributed by atoms with Crippen LogP contribution in [0.1, 0.15) is 24.6 Å². The molecular formula is C16H18ClN3O. The highest BCUT2D eigenvalue weighted by atomic mass is 35.5. The molecule has 1 aliphatic carbocycles. The summed E-state index contributed by atoms with van der Waals surface area (Å²) < 4.78 is 7.22. The van der Waals surface area contributed by atoms with E-state index in [1.807, 2.05) is 28.8 Å². The van der Waals surface area contributed by atoms with E-state index in [-0.39, 0.29) is 0 Å². The molecule has 0 saturated heterocycles. The number of ether oxygens (including phenoxy) is 1. The predicted octanol–water partition coefficient (Wildman–Crippen LogP) is 3.86. The van der Waals surface area contributed by atoms with E-state index in [0.29, 0.717) is 29.1 Å². The van der Waals surface area contributed by atoms with Crippen LogP contribution in [0.3, 0.4) is 0 Å². The molecule has 1 saturated carbocycles. The fraction of sp³-hybridized carbons (Fsp3) is 0.312. The lowest BCUT2D eigenvalue weighted by atomic mass is 10.1. The first-order valence-corrected chi connectivity index (χ1v) is 7.34. The molecule has 4 nitrogen and oxygen atoms in total. The number of imidazole rings is 1. The van der Waals surface area contributed by atoms with Gasteiger partial charge >= 0.3 is 0 Å². The smallest absolute Gasteiger partial charge is 0.137 e. The number of hydrogen-bond donors (Lipinski definition) is 1. The lowest BCUT2D eigenvalue weighted by Crippen LogP contribution is -2.05. The van der Waals surface area contributed by atoms with Crippen LogP contribution < -0.4 is 10.5 Å². The number of rotatable bonds is 5. The average Bonchev–Trinajstić information content (AvgIpc) is 3.26. The van der Waals surface area contributed by atoms with Gasteiger partial charge in [0.15, 0.2) is 0 Å². The third-order valence-corrected chi connectivity index (χ3v) is 4.01. The number of hydrogen-bond acceptors (Lipinski definition) is 3. The molecule has 0 atom stereocenters. The fourth-order valence-corrected chi connectivity index (χ4v) is 2.74. The van der Waals surface area contributed by atoms with E-state index in [1.54, 1.807) is 7.11 Å². The Morgan fingerprint density at radius 2 is 2.29 bits per heavy atom. The van der Waals surface area contributed by atoms with E-state index < -0.39 is 0 Å². The summed E-state index contributed by atoms with van der Waals surface area (Å²) in [6, 6.07) is 5.60. The number of nitrogens with zero attached hydrogens (tertiary/aromatic N) is 2. The molecule has 0 amide bonds. The Hall–Kier alpha value is -1.94. The van der Waals surface area contributed by atoms with Crippen molar-refractivity contribution in [3.05, 3.63) is 41.7 Å². The molecular weight excluding hydrogens is 286 g/mol. The normalized spacial score (nSPS) is 14.2. The SMILES string of the molecule is C=CCn1c(C2CC2)nc(-c2ccc(OC)c(Cl)c2)c1N. The first-order valence-electron chi connectivity index (χ1n) is 6.96. The Morgan fingerprint density at radius 1 is 1.52 bits per heavy atom. The van der Waals surface area contributed by atoms with E-state index in [2.05, 4.69) is 6.58 Å². The van der Waals surface area contributed by atoms with Gasteiger partial charge in [0.25, 0.3) is 0 Å². The van der Waals surface area contributed by atoms with Crippen LogP contribution in [0.5, 0.6) is 5.75 Å². The monoisotopic (exact) mass is 303 g/mol. The molecule has 2 aromatic rings. The Kier molecular flexibility index (Phi) is 3.64. The van der Waals surface area contributed by atoms with Gasteiger partial charge in [-0.1, -0.05) is 17.7 Å². The van der Waals surface area contributed by atoms with Crippen LogP contribution in [-0.2, 0) is 6.54 Å². The van der Waals surface area contributed by atoms with Crippen molar-refractivity contribution in [3.8, 4) is 17.0 Å². The second-order valence-electron chi connectivity index (χ2n) is 5.23. The van der Waals surface area contributed by atoms with Gasteiger partial charge < -0.3 is 15.0 Å². The highest BCUT2D eigenvalue weighted by molar-refractivity contribution is 6.32. The lowest BCUT2D eigenvalue weighted by Gasteiger charge is -2.07. The summed E-state index contributed by atoms with van der Waals surface area (Å²) >= 11 is 6.20. The van der Waals surface area contributed by atoms with Crippen LogP contribution >= 0.6 is 11.6 Å². The molecule has 0 spiro atoms. The summed E-state index contributed by atoms with van der Waals surface area (Å²) in [5, 5.41) is 0.556. The first kappa shape index (κ1) is 14.0. The molecule has 5 heteroatoms. The molecule has 1 fully saturated rings. The summed E-state index contributed by atoms with van der Waals surface area (Å²) in [6.07, 6.45) is 4.20. The van der Waals surface area contributed by atoms with Gasteiger partial charge in [0.2, 0.25) is 0 Å². The summed E-state index contributed by atoms with van der Waals surface area (Å²) in [7, 11) is 1.60. The van der Waals surface area contributed by atoms with Crippen LogP contribution in [0.4, 0.5) is 5.82 Å². The van der Waals surface area contributed by atoms with Crippen molar-refractivity contribution in [3.63, 3.8) is 0 Å². The van der Waals surface area contributed by atoms with Crippen LogP contribution in [0, 0.1) is 0 Å². The van der Waals surface area contributed by atoms with Gasteiger partial charge in [-0.25, -0.2) is 4.98 Å². The highest BCUT2D eigenvalue weighted by Crippen LogP contribution is 2.42. The van der Waals surface area contributed by atoms with Gasteiger partial charge in [-0.2, -0.15) is 0 Å². The van der Waals surface area contributed by atoms with Crippen LogP contribution in [0.2, 0.25) is 5.02 Å². The van der Waals surface area contributed by atoms with Crippen molar-refractivity contribution >= 4 is 17.4 Å². The van der Waals surface area contributed by atoms with Gasteiger partial charge in [-0.05, 0) is 31.0 Å². The van der Waals surface area contributed by atoms with Crippen LogP contribution in [-0.4, -0.2) is 16.7 Å². The van der Waals surface area contributed by atoms with Crippen molar-refractivity contribution in [1.29, 1.82) is 0 Å². The Morgan fingerprint density at radius 3 is 2.86 bits per heavy atom. The number of allylic oxidation sites excluding steroid dienone is 1. The van der Waals surface area contributed by atoms with E-state index >= 15 is 0 Å². The molecule has 1 heterocycles. The standard InChI is InChI=1S/C16H18ClN3O/c1-3-8-20-15(18)14(19-16(20)10-4-5-10)11-6-7-13(21-2)12(17)9-11/h3,6-7,9-10H,1,4-5,8,18H2,2H3. The summed E-state index contributed by atoms with van der Waals surface area (Å²) in [5.74, 6) is 2.88. The molecule has 1 aromatic carbocycles. The fourth-order valence-electron chi connectivity index (χ4n) is 2.48. The Balaban J connectivity index is 2.07. The predicted molar refractivity (Wildman–Crippen MR) is 85.8 cm³/mol. The zero-order valence-electron chi connectivity index (χ0n) is 12.0. The minimum absolute atomic E-state index is 0.523. The van der Waals surface area contributed by atoms with Crippen molar-refractivity contribution in [2.75, 3.05) is 12.8 Å². The Bertz CT molecular complexity index is 689. The highest BCUT2D eigenvalue weighted by Gasteiger charge is 2.30. The zero-order chi connectivity index (χ0) is 15.0. The molecule has 2 N–H and O–H groups in total. The van der Waals surface area contributed by atoms with E-state index in [9.17, 15) is 0 Å². The summed E-state index contributed by atoms with van der Waals surface area (Å²) in [6.45, 7) is 4.47. The van der Waals surface area contributed by atoms with Gasteiger partial charge in [-0.15, -0.1) is 6.58 Å². The summed E-state index contributed by atoms with van der Waals surface area (Å²) in [5.41, 5.74) is 7.97. The number of anilines is 1. The van der Waals surface area contributed by atoms with E-state index in [1.165, 1.54) is 12.8 Å². The number of benzene rings is 1. The molecule has 21 heavy (non-hydrogen) atoms. The van der Waals surface area contributed by atoms with E-state index in [4.69, 9.17) is 27.1 Å². The largest absolute Gasteiger partial charge is 0.495 e. The topological polar surface area (TPSA) is 53.1 Å². The second-order valence-corrected chi connectivity index (χ2v) is 5.63. The minimum Gasteiger partial charge on any atom is -0.495 e. The van der Waals surface area contributed by atoms with E-state index in [0.717, 1.165) is 17.1 Å². The zero-order valence-corrected chi connectivity index (χ0v) is 12.7. The first-order chi connectivity index (χ1) is 10.2. The lowest BCUT2D eigenvalue weighted by molar-refractivity contribution is 0.415. The quantitative estimate of drug-likeness (QED) is 0.853. The van der Waals surface area contributed by atoms with Gasteiger partial charge in [0.1, 0.15) is 23.1 Å². The van der Waals surface area contributed by atoms with Crippen LogP contribution in [0.25, 0.3) is 11.3 Å². The van der Waals surface area contributed by atoms with Crippen molar-refractivity contribution in [2.24, 2.45) is 0 Å². The van der Waals surface area contributed by atoms with Gasteiger partial charge in [0, 0.05) is 18.0 Å². The average molecular weight is 304 g/mol. The molecule has 0 radical (unpaired) electrons. The number of halogens is 1. The maximum absolute atomic E-state index is 6.29. The summed E-state index contributed by atoms with van der Waals surface area (Å²) in [4.78, 5) is 4.75. The van der Waals surface area contributed by atoms with Crippen LogP contribution in [0.15, 0.2) is 30.9 Å². The molecule has 110 valence electrons. The second kappa shape index (κ2) is 5.45. The minimum atomic E-state index is 0.523. The molecule has 1 aromatic heterocycles. The number of nitrogens with two attached hydrogens (primary N) is 1. The molecule has 0 bridgehead atoms. The third kappa shape index (κ3) is 2.51. The maximum Gasteiger partial charge on any atom is 0.137 e. The Labute approximate surface area is 129 Å². The van der Waals surface area contributed by atoms with Gasteiger partial charge in [0.05, 0.1) is 12.1 Å². The molecule has 1 aliphatic rings. The number of nitrogen functional groups attached to an aromatic ring is 1. The number of aromatic nitrogens is 2. The van der Waals surface area contributed by atoms with Crippen molar-refractivity contribution in [1.82, 2.24) is 9.55 Å². The van der Waals surface area contributed by atoms with Crippen molar-refractivity contribution in [2.45, 2.75) is 25.3 Å². The molecule has 3 rings (SSSR count). The molecule has 0 unspecified atom stereocenters.